The van der Waals surface area contributed by atoms with Gasteiger partial charge < -0.3 is 0 Å². The number of nitrogens with zero attached hydrogens (tertiary/aromatic N) is 2. The monoisotopic (exact) mass is 358 g/mol. The average molecular weight is 357 g/mol. The molecule has 1 rings (SSSR count). The quantitative estimate of drug-likeness (QED) is 0.363. The molecular weight excluding hydrogens is 345 g/mol. The van der Waals surface area contributed by atoms with Crippen molar-refractivity contribution in [2.24, 2.45) is 0 Å². The van der Waals surface area contributed by atoms with Gasteiger partial charge in [0.1, 0.15) is 0 Å². The van der Waals surface area contributed by atoms with Crippen molar-refractivity contribution in [1.29, 1.82) is 0 Å². The summed E-state index contributed by atoms with van der Waals surface area (Å²) < 4.78 is 1.31. The molecular formula is C7H12HgN2O2. The van der Waals surface area contributed by atoms with Gasteiger partial charge in [0.25, 0.3) is 0 Å². The predicted octanol–water partition coefficient (Wildman–Crippen LogP) is 0.618. The van der Waals surface area contributed by atoms with Crippen LogP contribution in [0.3, 0.4) is 0 Å². The molecule has 12 heavy (non-hydrogen) atoms. The summed E-state index contributed by atoms with van der Waals surface area (Å²) in [6.45, 7) is 7.24. The van der Waals surface area contributed by atoms with Gasteiger partial charge in [0.2, 0.25) is 0 Å². The van der Waals surface area contributed by atoms with Crippen LogP contribution in [0, 0.1) is 5.21 Å². The second kappa shape index (κ2) is 2.58. The Morgan fingerprint density at radius 3 is 1.92 bits per heavy atom. The van der Waals surface area contributed by atoms with E-state index in [-0.39, 0.29) is 26.1 Å². The Kier molecular flexibility index (Phi) is 2.20. The third-order valence-electron chi connectivity index (χ3n) is 2.98. The molecule has 0 unspecified atom stereocenters. The molecule has 0 aliphatic carbocycles. The van der Waals surface area contributed by atoms with Crippen LogP contribution in [0.5, 0.6) is 0 Å². The zero-order chi connectivity index (χ0) is 9.73. The normalized spacial score (nSPS) is 26.8. The molecule has 0 N–H and O–H groups in total. The van der Waals surface area contributed by atoms with Crippen molar-refractivity contribution in [3.05, 3.63) is 5.21 Å². The first-order valence-electron chi connectivity index (χ1n) is 3.86. The second-order valence-electron chi connectivity index (χ2n) is 4.12. The Morgan fingerprint density at radius 1 is 1.42 bits per heavy atom. The van der Waals surface area contributed by atoms with Crippen molar-refractivity contribution >= 4 is 3.34 Å². The van der Waals surface area contributed by atoms with Gasteiger partial charge in [-0.2, -0.15) is 0 Å². The maximum absolute atomic E-state index is 11.5. The van der Waals surface area contributed by atoms with Gasteiger partial charge in [0, 0.05) is 0 Å². The summed E-state index contributed by atoms with van der Waals surface area (Å²) in [6.07, 6.45) is 0. The van der Waals surface area contributed by atoms with Crippen LogP contribution in [-0.2, 0) is 31.3 Å². The fourth-order valence-electron chi connectivity index (χ4n) is 1.22. The van der Waals surface area contributed by atoms with E-state index in [2.05, 4.69) is 0 Å². The van der Waals surface area contributed by atoms with E-state index < -0.39 is 11.1 Å². The predicted molar refractivity (Wildman–Crippen MR) is 39.3 cm³/mol. The fourth-order valence-corrected chi connectivity index (χ4v) is 4.30. The Hall–Kier alpha value is 0.165. The van der Waals surface area contributed by atoms with Crippen LogP contribution in [0.15, 0.2) is 0 Å². The molecule has 1 aliphatic rings. The molecule has 0 aromatic heterocycles. The minimum atomic E-state index is -0.605. The van der Waals surface area contributed by atoms with Crippen molar-refractivity contribution in [2.75, 3.05) is 0 Å². The summed E-state index contributed by atoms with van der Waals surface area (Å²) in [7, 11) is 0. The summed E-state index contributed by atoms with van der Waals surface area (Å²) in [5.41, 5.74) is -1.21. The van der Waals surface area contributed by atoms with Crippen LogP contribution in [0.25, 0.3) is 0 Å². The molecule has 0 saturated carbocycles. The Bertz CT molecular complexity index is 248. The molecule has 5 heteroatoms. The Labute approximate surface area is 88.4 Å². The zero-order valence-corrected chi connectivity index (χ0v) is 13.4. The van der Waals surface area contributed by atoms with Crippen molar-refractivity contribution < 1.29 is 36.1 Å². The SMILES string of the molecule is CC1(C)N([O])[C]([Hg])=[N+]([O-])C1(C)C. The van der Waals surface area contributed by atoms with E-state index in [1.807, 2.05) is 27.7 Å². The van der Waals surface area contributed by atoms with E-state index >= 15 is 0 Å². The van der Waals surface area contributed by atoms with Crippen LogP contribution in [0.2, 0.25) is 0 Å². The third kappa shape index (κ3) is 1.00. The van der Waals surface area contributed by atoms with E-state index in [1.165, 1.54) is 0 Å². The Morgan fingerprint density at radius 2 is 1.83 bits per heavy atom. The summed E-state index contributed by atoms with van der Waals surface area (Å²) in [5.74, 6) is 0. The van der Waals surface area contributed by atoms with Gasteiger partial charge in [-0.1, -0.05) is 0 Å². The minimum absolute atomic E-state index is 0.0881. The average Bonchev–Trinajstić information content (AvgIpc) is 2.05. The van der Waals surface area contributed by atoms with Gasteiger partial charge in [-0.3, -0.25) is 0 Å². The molecule has 0 amide bonds. The van der Waals surface area contributed by atoms with Gasteiger partial charge in [-0.15, -0.1) is 0 Å². The summed E-state index contributed by atoms with van der Waals surface area (Å²) in [5, 5.41) is 24.0. The van der Waals surface area contributed by atoms with Crippen molar-refractivity contribution in [3.8, 4) is 0 Å². The number of hydrogen-bond donors (Lipinski definition) is 0. The van der Waals surface area contributed by atoms with Gasteiger partial charge >= 0.3 is 88.5 Å². The van der Waals surface area contributed by atoms with Crippen LogP contribution in [0.1, 0.15) is 27.7 Å². The number of hydroxylamine groups is 3. The summed E-state index contributed by atoms with van der Waals surface area (Å²) in [6, 6.07) is 0. The number of hydrogen-bond acceptors (Lipinski definition) is 2. The molecule has 0 aromatic rings. The first-order chi connectivity index (χ1) is 5.23. The number of amidine groups is 1. The molecule has 0 spiro atoms. The van der Waals surface area contributed by atoms with Crippen molar-refractivity contribution in [2.45, 2.75) is 38.8 Å². The summed E-state index contributed by atoms with van der Waals surface area (Å²) >= 11 is 0.0881. The van der Waals surface area contributed by atoms with E-state index in [4.69, 9.17) is 0 Å². The molecule has 1 heterocycles. The Balaban J connectivity index is 3.22. The van der Waals surface area contributed by atoms with Crippen molar-refractivity contribution in [3.63, 3.8) is 0 Å². The molecule has 1 aliphatic heterocycles. The van der Waals surface area contributed by atoms with Crippen LogP contribution >= 0.6 is 0 Å². The van der Waals surface area contributed by atoms with Crippen molar-refractivity contribution in [1.82, 2.24) is 5.06 Å². The van der Waals surface area contributed by atoms with Gasteiger partial charge in [-0.05, 0) is 0 Å². The maximum atomic E-state index is 11.5. The standard InChI is InChI=1S/C7H12N2O2.Hg/c1-6(2)7(3,4)9(11)5-8(6)10;/h1-4H3;. The molecule has 0 atom stereocenters. The first kappa shape index (κ1) is 10.2. The summed E-state index contributed by atoms with van der Waals surface area (Å²) in [4.78, 5) is 0. The van der Waals surface area contributed by atoms with E-state index in [0.29, 0.717) is 3.34 Å². The fraction of sp³-hybridized carbons (Fsp3) is 0.857. The molecule has 1 radical (unpaired) electrons. The first-order valence-corrected chi connectivity index (χ1v) is 6.61. The van der Waals surface area contributed by atoms with E-state index in [0.717, 1.165) is 9.80 Å². The van der Waals surface area contributed by atoms with E-state index in [9.17, 15) is 10.4 Å². The topological polar surface area (TPSA) is 49.2 Å². The molecule has 4 nitrogen and oxygen atoms in total. The van der Waals surface area contributed by atoms with Gasteiger partial charge in [0.05, 0.1) is 0 Å². The van der Waals surface area contributed by atoms with Gasteiger partial charge in [-0.25, -0.2) is 0 Å². The second-order valence-corrected chi connectivity index (χ2v) is 6.58. The molecule has 0 aromatic carbocycles. The third-order valence-corrected chi connectivity index (χ3v) is 5.21. The molecule has 0 bridgehead atoms. The molecule has 0 saturated heterocycles. The van der Waals surface area contributed by atoms with E-state index in [1.54, 1.807) is 0 Å². The van der Waals surface area contributed by atoms with Crippen LogP contribution in [-0.4, -0.2) is 24.2 Å². The number of rotatable bonds is 0. The van der Waals surface area contributed by atoms with Crippen LogP contribution in [0.4, 0.5) is 0 Å². The molecule has 0 fully saturated rings. The van der Waals surface area contributed by atoms with Crippen LogP contribution < -0.4 is 0 Å². The zero-order valence-electron chi connectivity index (χ0n) is 7.92. The van der Waals surface area contributed by atoms with Gasteiger partial charge in [0.15, 0.2) is 0 Å². The molecule has 64 valence electrons.